The predicted molar refractivity (Wildman–Crippen MR) is 314 cm³/mol. The molecule has 9 heteroatoms. The molecule has 0 aliphatic rings. The maximum Gasteiger partial charge on any atom is 0.361 e. The zero-order valence-corrected chi connectivity index (χ0v) is 49.3. The second kappa shape index (κ2) is 56.5. The fourth-order valence-electron chi connectivity index (χ4n) is 8.97. The topological polar surface area (TPSA) is 108 Å². The largest absolute Gasteiger partial charge is 0.477 e. The van der Waals surface area contributed by atoms with Crippen LogP contribution in [-0.4, -0.2) is 87.4 Å². The second-order valence-corrected chi connectivity index (χ2v) is 22.4. The minimum atomic E-state index is -1.51. The van der Waals surface area contributed by atoms with E-state index in [0.717, 1.165) is 77.0 Å². The summed E-state index contributed by atoms with van der Waals surface area (Å²) >= 11 is 0. The first-order valence-corrected chi connectivity index (χ1v) is 31.3. The van der Waals surface area contributed by atoms with Crippen LogP contribution in [0.25, 0.3) is 0 Å². The fraction of sp³-hybridized carbons (Fsp3) is 0.831. The van der Waals surface area contributed by atoms with Gasteiger partial charge in [-0.15, -0.1) is 0 Å². The third-order valence-corrected chi connectivity index (χ3v) is 13.8. The third kappa shape index (κ3) is 57.0. The van der Waals surface area contributed by atoms with E-state index >= 15 is 0 Å². The summed E-state index contributed by atoms with van der Waals surface area (Å²) in [5.41, 5.74) is 0. The van der Waals surface area contributed by atoms with E-state index in [4.69, 9.17) is 18.9 Å². The molecule has 0 bridgehead atoms. The van der Waals surface area contributed by atoms with Gasteiger partial charge in [0.15, 0.2) is 6.10 Å². The van der Waals surface area contributed by atoms with Gasteiger partial charge in [0.1, 0.15) is 13.2 Å². The summed E-state index contributed by atoms with van der Waals surface area (Å²) in [5.74, 6) is -2.01. The number of rotatable bonds is 58. The molecular formula is C65H120NO8+. The predicted octanol–water partition coefficient (Wildman–Crippen LogP) is 18.6. The first kappa shape index (κ1) is 71.2. The molecule has 0 aliphatic heterocycles. The molecule has 432 valence electrons. The van der Waals surface area contributed by atoms with Crippen LogP contribution >= 0.6 is 0 Å². The van der Waals surface area contributed by atoms with E-state index < -0.39 is 24.3 Å². The molecule has 9 nitrogen and oxygen atoms in total. The average Bonchev–Trinajstić information content (AvgIpc) is 3.37. The molecule has 1 N–H and O–H groups in total. The van der Waals surface area contributed by atoms with E-state index in [-0.39, 0.29) is 32.2 Å². The number of carbonyl (C=O) groups is 3. The SMILES string of the molecule is CCC/C=C\CCCCCCCC(=O)OCC(COC(OCC[N+](C)(C)C)C(=O)O)OC(=O)CCCCCCCCCCCCCCCCCCCCCCCCCC/C=C\C/C=C\C/C=C\CCCCCCC. The standard InChI is InChI=1S/C65H119NO8/c1-6-8-10-12-14-16-18-19-20-21-22-23-24-25-26-27-28-29-30-31-32-33-34-35-36-37-38-39-40-41-42-43-44-45-46-48-50-52-54-56-63(68)74-61(60-73-65(64(69)70)71-58-57-66(3,4)5)59-72-62(67)55-53-51-49-47-17-15-13-11-9-7-2/h11,13,18-19,21-22,24-25,61,65H,6-10,12,14-17,20,23,26-60H2,1-5H3/p+1/b13-11-,19-18-,22-21-,25-24-. The number of allylic oxidation sites excluding steroid dienone is 8. The molecule has 2 atom stereocenters. The Morgan fingerprint density at radius 1 is 0.405 bits per heavy atom. The van der Waals surface area contributed by atoms with Gasteiger partial charge in [-0.25, -0.2) is 4.79 Å². The van der Waals surface area contributed by atoms with Gasteiger partial charge in [-0.2, -0.15) is 0 Å². The van der Waals surface area contributed by atoms with Crippen LogP contribution < -0.4 is 0 Å². The number of ether oxygens (including phenoxy) is 4. The lowest BCUT2D eigenvalue weighted by Crippen LogP contribution is -2.40. The van der Waals surface area contributed by atoms with Crippen LogP contribution in [0.5, 0.6) is 0 Å². The summed E-state index contributed by atoms with van der Waals surface area (Å²) < 4.78 is 22.8. The van der Waals surface area contributed by atoms with Crippen LogP contribution in [0, 0.1) is 0 Å². The zero-order chi connectivity index (χ0) is 54.1. The van der Waals surface area contributed by atoms with Crippen LogP contribution in [0.4, 0.5) is 0 Å². The quantitative estimate of drug-likeness (QED) is 0.0211. The molecule has 2 unspecified atom stereocenters. The number of esters is 2. The van der Waals surface area contributed by atoms with Crippen molar-refractivity contribution in [3.05, 3.63) is 48.6 Å². The molecule has 0 aromatic carbocycles. The summed E-state index contributed by atoms with van der Waals surface area (Å²) in [6.45, 7) is 4.81. The Labute approximate surface area is 457 Å². The highest BCUT2D eigenvalue weighted by Gasteiger charge is 2.25. The summed E-state index contributed by atoms with van der Waals surface area (Å²) in [6, 6.07) is 0. The van der Waals surface area contributed by atoms with E-state index in [1.807, 2.05) is 21.1 Å². The second-order valence-electron chi connectivity index (χ2n) is 22.4. The minimum Gasteiger partial charge on any atom is -0.477 e. The Morgan fingerprint density at radius 2 is 0.757 bits per heavy atom. The molecule has 0 aliphatic carbocycles. The van der Waals surface area contributed by atoms with Gasteiger partial charge in [-0.3, -0.25) is 9.59 Å². The first-order valence-electron chi connectivity index (χ1n) is 31.3. The van der Waals surface area contributed by atoms with Crippen molar-refractivity contribution in [2.24, 2.45) is 0 Å². The molecule has 0 fully saturated rings. The number of likely N-dealkylation sites (N-methyl/N-ethyl adjacent to an activating group) is 1. The molecule has 0 aromatic heterocycles. The van der Waals surface area contributed by atoms with Crippen molar-refractivity contribution in [1.29, 1.82) is 0 Å². The first-order chi connectivity index (χ1) is 36.1. The summed E-state index contributed by atoms with van der Waals surface area (Å²) in [4.78, 5) is 37.2. The smallest absolute Gasteiger partial charge is 0.361 e. The molecular weight excluding hydrogens is 923 g/mol. The van der Waals surface area contributed by atoms with Crippen molar-refractivity contribution < 1.29 is 42.9 Å². The summed E-state index contributed by atoms with van der Waals surface area (Å²) in [5, 5.41) is 9.67. The Balaban J connectivity index is 3.89. The van der Waals surface area contributed by atoms with Crippen molar-refractivity contribution in [2.75, 3.05) is 47.5 Å². The number of carboxylic acid groups (broad SMARTS) is 1. The zero-order valence-electron chi connectivity index (χ0n) is 49.3. The molecule has 0 rings (SSSR count). The van der Waals surface area contributed by atoms with Crippen molar-refractivity contribution in [2.45, 2.75) is 302 Å². The lowest BCUT2D eigenvalue weighted by atomic mass is 10.0. The van der Waals surface area contributed by atoms with Gasteiger partial charge < -0.3 is 28.5 Å². The van der Waals surface area contributed by atoms with Gasteiger partial charge >= 0.3 is 17.9 Å². The highest BCUT2D eigenvalue weighted by molar-refractivity contribution is 5.71. The Bertz CT molecular complexity index is 1350. The Hall–Kier alpha value is -2.75. The maximum atomic E-state index is 12.8. The highest BCUT2D eigenvalue weighted by Crippen LogP contribution is 2.17. The lowest BCUT2D eigenvalue weighted by molar-refractivity contribution is -0.870. The van der Waals surface area contributed by atoms with Gasteiger partial charge in [-0.05, 0) is 70.6 Å². The molecule has 0 radical (unpaired) electrons. The fourth-order valence-corrected chi connectivity index (χ4v) is 8.97. The van der Waals surface area contributed by atoms with Crippen molar-refractivity contribution in [1.82, 2.24) is 0 Å². The van der Waals surface area contributed by atoms with Crippen molar-refractivity contribution in [3.8, 4) is 0 Å². The molecule has 0 saturated carbocycles. The van der Waals surface area contributed by atoms with Gasteiger partial charge in [0.2, 0.25) is 0 Å². The maximum absolute atomic E-state index is 12.8. The monoisotopic (exact) mass is 1040 g/mol. The molecule has 74 heavy (non-hydrogen) atoms. The number of carbonyl (C=O) groups excluding carboxylic acids is 2. The molecule has 0 heterocycles. The number of nitrogens with zero attached hydrogens (tertiary/aromatic N) is 1. The highest BCUT2D eigenvalue weighted by atomic mass is 16.7. The number of carboxylic acids is 1. The van der Waals surface area contributed by atoms with E-state index in [9.17, 15) is 19.5 Å². The molecule has 0 spiro atoms. The van der Waals surface area contributed by atoms with Crippen LogP contribution in [0.1, 0.15) is 290 Å². The van der Waals surface area contributed by atoms with E-state index in [2.05, 4.69) is 62.5 Å². The average molecular weight is 1040 g/mol. The lowest BCUT2D eigenvalue weighted by Gasteiger charge is -2.25. The third-order valence-electron chi connectivity index (χ3n) is 13.8. The van der Waals surface area contributed by atoms with Crippen molar-refractivity contribution >= 4 is 17.9 Å². The van der Waals surface area contributed by atoms with Crippen molar-refractivity contribution in [3.63, 3.8) is 0 Å². The summed E-state index contributed by atoms with van der Waals surface area (Å²) in [6.07, 6.45) is 68.2. The minimum absolute atomic E-state index is 0.183. The molecule has 0 aromatic rings. The number of hydrogen-bond acceptors (Lipinski definition) is 7. The number of quaternary nitrogens is 1. The Morgan fingerprint density at radius 3 is 1.15 bits per heavy atom. The molecule has 0 amide bonds. The number of unbranched alkanes of at least 4 members (excludes halogenated alkanes) is 35. The van der Waals surface area contributed by atoms with Gasteiger partial charge in [0.25, 0.3) is 6.29 Å². The number of hydrogen-bond donors (Lipinski definition) is 1. The normalized spacial score (nSPS) is 13.0. The van der Waals surface area contributed by atoms with Gasteiger partial charge in [0.05, 0.1) is 34.4 Å². The van der Waals surface area contributed by atoms with Crippen LogP contribution in [0.3, 0.4) is 0 Å². The van der Waals surface area contributed by atoms with Crippen LogP contribution in [-0.2, 0) is 33.3 Å². The van der Waals surface area contributed by atoms with Gasteiger partial charge in [0, 0.05) is 12.8 Å². The molecule has 0 saturated heterocycles. The Kier molecular flexibility index (Phi) is 54.4. The summed E-state index contributed by atoms with van der Waals surface area (Å²) in [7, 11) is 5.97. The van der Waals surface area contributed by atoms with Gasteiger partial charge in [-0.1, -0.05) is 255 Å². The van der Waals surface area contributed by atoms with Crippen LogP contribution in [0.15, 0.2) is 48.6 Å². The van der Waals surface area contributed by atoms with E-state index in [1.54, 1.807) is 0 Å². The van der Waals surface area contributed by atoms with E-state index in [1.165, 1.54) is 186 Å². The number of aliphatic carboxylic acids is 1. The van der Waals surface area contributed by atoms with Crippen LogP contribution in [0.2, 0.25) is 0 Å². The van der Waals surface area contributed by atoms with E-state index in [0.29, 0.717) is 17.4 Å².